The van der Waals surface area contributed by atoms with E-state index in [0.29, 0.717) is 0 Å². The molecule has 0 spiro atoms. The van der Waals surface area contributed by atoms with E-state index in [4.69, 9.17) is 16.3 Å². The molecular weight excluding hydrogens is 274 g/mol. The van der Waals surface area contributed by atoms with Crippen LogP contribution in [-0.4, -0.2) is 36.3 Å². The highest BCUT2D eigenvalue weighted by molar-refractivity contribution is 6.28. The molecule has 2 heterocycles. The summed E-state index contributed by atoms with van der Waals surface area (Å²) in [7, 11) is 0. The lowest BCUT2D eigenvalue weighted by atomic mass is 10.1. The fourth-order valence-corrected chi connectivity index (χ4v) is 2.57. The van der Waals surface area contributed by atoms with E-state index < -0.39 is 0 Å². The molecule has 0 atom stereocenters. The van der Waals surface area contributed by atoms with Crippen LogP contribution in [0, 0.1) is 6.92 Å². The average Bonchev–Trinajstić information content (AvgIpc) is 2.47. The summed E-state index contributed by atoms with van der Waals surface area (Å²) in [5.74, 6) is 0. The Bertz CT molecular complexity index is 574. The summed E-state index contributed by atoms with van der Waals surface area (Å²) in [6.45, 7) is 5.39. The summed E-state index contributed by atoms with van der Waals surface area (Å²) < 4.78 is 5.37. The first-order chi connectivity index (χ1) is 9.72. The number of nitrogens with zero attached hydrogens (tertiary/aromatic N) is 3. The minimum atomic E-state index is 0.289. The average molecular weight is 290 g/mol. The Morgan fingerprint density at radius 3 is 2.45 bits per heavy atom. The van der Waals surface area contributed by atoms with Crippen molar-refractivity contribution in [3.8, 4) is 11.3 Å². The van der Waals surface area contributed by atoms with Gasteiger partial charge in [-0.3, -0.25) is 0 Å². The van der Waals surface area contributed by atoms with Crippen molar-refractivity contribution in [3.05, 3.63) is 41.3 Å². The first-order valence-corrected chi connectivity index (χ1v) is 7.04. The van der Waals surface area contributed by atoms with Crippen LogP contribution in [0.3, 0.4) is 0 Å². The maximum atomic E-state index is 5.91. The highest BCUT2D eigenvalue weighted by atomic mass is 35.5. The molecule has 1 aliphatic heterocycles. The molecule has 1 aromatic heterocycles. The normalized spacial score (nSPS) is 15.4. The first kappa shape index (κ1) is 13.3. The van der Waals surface area contributed by atoms with Gasteiger partial charge in [0.1, 0.15) is 0 Å². The zero-order valence-corrected chi connectivity index (χ0v) is 12.1. The van der Waals surface area contributed by atoms with Crippen molar-refractivity contribution in [2.45, 2.75) is 6.92 Å². The Kier molecular flexibility index (Phi) is 3.85. The van der Waals surface area contributed by atoms with Gasteiger partial charge in [-0.25, -0.2) is 9.97 Å². The fourth-order valence-electron chi connectivity index (χ4n) is 2.34. The van der Waals surface area contributed by atoms with Crippen molar-refractivity contribution >= 4 is 17.3 Å². The van der Waals surface area contributed by atoms with Crippen LogP contribution in [0.1, 0.15) is 5.69 Å². The first-order valence-electron chi connectivity index (χ1n) is 6.67. The second kappa shape index (κ2) is 5.77. The van der Waals surface area contributed by atoms with Crippen LogP contribution in [-0.2, 0) is 4.74 Å². The zero-order valence-electron chi connectivity index (χ0n) is 11.3. The maximum Gasteiger partial charge on any atom is 0.223 e. The summed E-state index contributed by atoms with van der Waals surface area (Å²) in [6, 6.07) is 10.3. The number of aromatic nitrogens is 2. The van der Waals surface area contributed by atoms with Gasteiger partial charge in [-0.1, -0.05) is 12.1 Å². The number of anilines is 1. The van der Waals surface area contributed by atoms with E-state index in [1.165, 1.54) is 5.69 Å². The molecular formula is C15H16ClN3O. The van der Waals surface area contributed by atoms with Crippen molar-refractivity contribution in [1.29, 1.82) is 0 Å². The predicted octanol–water partition coefficient (Wildman–Crippen LogP) is 2.94. The van der Waals surface area contributed by atoms with Gasteiger partial charge in [0, 0.05) is 30.0 Å². The standard InChI is InChI=1S/C15H16ClN3O/c1-11-10-14(18-15(16)17-11)12-2-4-13(5-3-12)19-6-8-20-9-7-19/h2-5,10H,6-9H2,1H3. The molecule has 1 fully saturated rings. The molecule has 20 heavy (non-hydrogen) atoms. The third-order valence-corrected chi connectivity index (χ3v) is 3.54. The van der Waals surface area contributed by atoms with E-state index in [0.717, 1.165) is 43.3 Å². The summed E-state index contributed by atoms with van der Waals surface area (Å²) in [5, 5.41) is 0.289. The van der Waals surface area contributed by atoms with Crippen molar-refractivity contribution in [1.82, 2.24) is 9.97 Å². The van der Waals surface area contributed by atoms with Crippen LogP contribution >= 0.6 is 11.6 Å². The Morgan fingerprint density at radius 1 is 1.10 bits per heavy atom. The van der Waals surface area contributed by atoms with Crippen molar-refractivity contribution in [2.75, 3.05) is 31.2 Å². The molecule has 0 bridgehead atoms. The summed E-state index contributed by atoms with van der Waals surface area (Å²) in [5.41, 5.74) is 4.00. The molecule has 1 aliphatic rings. The van der Waals surface area contributed by atoms with Crippen LogP contribution in [0.5, 0.6) is 0 Å². The molecule has 1 saturated heterocycles. The van der Waals surface area contributed by atoms with Crippen molar-refractivity contribution < 1.29 is 4.74 Å². The van der Waals surface area contributed by atoms with Crippen molar-refractivity contribution in [3.63, 3.8) is 0 Å². The lowest BCUT2D eigenvalue weighted by Gasteiger charge is -2.28. The Labute approximate surface area is 123 Å². The largest absolute Gasteiger partial charge is 0.378 e. The topological polar surface area (TPSA) is 38.2 Å². The monoisotopic (exact) mass is 289 g/mol. The van der Waals surface area contributed by atoms with Crippen LogP contribution < -0.4 is 4.90 Å². The van der Waals surface area contributed by atoms with Gasteiger partial charge in [-0.15, -0.1) is 0 Å². The Morgan fingerprint density at radius 2 is 1.80 bits per heavy atom. The quantitative estimate of drug-likeness (QED) is 0.797. The van der Waals surface area contributed by atoms with Gasteiger partial charge in [0.25, 0.3) is 0 Å². The number of benzene rings is 1. The van der Waals surface area contributed by atoms with Gasteiger partial charge in [0.2, 0.25) is 5.28 Å². The van der Waals surface area contributed by atoms with Gasteiger partial charge in [-0.2, -0.15) is 0 Å². The summed E-state index contributed by atoms with van der Waals surface area (Å²) in [4.78, 5) is 10.7. The van der Waals surface area contributed by atoms with Crippen LogP contribution in [0.25, 0.3) is 11.3 Å². The molecule has 4 nitrogen and oxygen atoms in total. The van der Waals surface area contributed by atoms with Crippen LogP contribution in [0.4, 0.5) is 5.69 Å². The molecule has 1 aromatic carbocycles. The number of rotatable bonds is 2. The highest BCUT2D eigenvalue weighted by Gasteiger charge is 2.11. The number of halogens is 1. The van der Waals surface area contributed by atoms with Gasteiger partial charge in [0.15, 0.2) is 0 Å². The lowest BCUT2D eigenvalue weighted by molar-refractivity contribution is 0.122. The third kappa shape index (κ3) is 2.92. The van der Waals surface area contributed by atoms with Gasteiger partial charge in [0.05, 0.1) is 18.9 Å². The van der Waals surface area contributed by atoms with Gasteiger partial charge >= 0.3 is 0 Å². The molecule has 0 amide bonds. The predicted molar refractivity (Wildman–Crippen MR) is 80.2 cm³/mol. The number of aryl methyl sites for hydroxylation is 1. The minimum Gasteiger partial charge on any atom is -0.378 e. The van der Waals surface area contributed by atoms with Crippen molar-refractivity contribution in [2.24, 2.45) is 0 Å². The molecule has 0 radical (unpaired) electrons. The SMILES string of the molecule is Cc1cc(-c2ccc(N3CCOCC3)cc2)nc(Cl)n1. The molecule has 0 saturated carbocycles. The lowest BCUT2D eigenvalue weighted by Crippen LogP contribution is -2.36. The number of morpholine rings is 1. The maximum absolute atomic E-state index is 5.91. The van der Waals surface area contributed by atoms with E-state index in [1.807, 2.05) is 13.0 Å². The smallest absolute Gasteiger partial charge is 0.223 e. The fraction of sp³-hybridized carbons (Fsp3) is 0.333. The molecule has 104 valence electrons. The summed E-state index contributed by atoms with van der Waals surface area (Å²) >= 11 is 5.91. The van der Waals surface area contributed by atoms with Gasteiger partial charge < -0.3 is 9.64 Å². The van der Waals surface area contributed by atoms with E-state index in [1.54, 1.807) is 0 Å². The Hall–Kier alpha value is -1.65. The number of hydrogen-bond acceptors (Lipinski definition) is 4. The molecule has 2 aromatic rings. The van der Waals surface area contributed by atoms with Crippen LogP contribution in [0.2, 0.25) is 5.28 Å². The molecule has 0 N–H and O–H groups in total. The van der Waals surface area contributed by atoms with E-state index in [9.17, 15) is 0 Å². The second-order valence-corrected chi connectivity index (χ2v) is 5.15. The molecule has 0 aliphatic carbocycles. The van der Waals surface area contributed by atoms with Gasteiger partial charge in [-0.05, 0) is 36.7 Å². The highest BCUT2D eigenvalue weighted by Crippen LogP contribution is 2.23. The summed E-state index contributed by atoms with van der Waals surface area (Å²) in [6.07, 6.45) is 0. The Balaban J connectivity index is 1.85. The third-order valence-electron chi connectivity index (χ3n) is 3.37. The number of ether oxygens (including phenoxy) is 1. The van der Waals surface area contributed by atoms with E-state index >= 15 is 0 Å². The molecule has 0 unspecified atom stereocenters. The molecule has 3 rings (SSSR count). The molecule has 5 heteroatoms. The minimum absolute atomic E-state index is 0.289. The van der Waals surface area contributed by atoms with E-state index in [-0.39, 0.29) is 5.28 Å². The second-order valence-electron chi connectivity index (χ2n) is 4.81. The van der Waals surface area contributed by atoms with Crippen LogP contribution in [0.15, 0.2) is 30.3 Å². The zero-order chi connectivity index (χ0) is 13.9. The van der Waals surface area contributed by atoms with E-state index in [2.05, 4.69) is 39.1 Å². The number of hydrogen-bond donors (Lipinski definition) is 0.